The number of rotatable bonds is 5. The van der Waals surface area contributed by atoms with Crippen LogP contribution in [0.2, 0.25) is 0 Å². The molecule has 134 valence electrons. The number of likely N-dealkylation sites (N-methyl/N-ethyl adjacent to an activating group) is 1. The Labute approximate surface area is 150 Å². The zero-order chi connectivity index (χ0) is 18.7. The van der Waals surface area contributed by atoms with Gasteiger partial charge in [-0.15, -0.1) is 0 Å². The fourth-order valence-electron chi connectivity index (χ4n) is 2.60. The second-order valence-corrected chi connectivity index (χ2v) is 6.06. The molecule has 0 saturated heterocycles. The molecule has 6 heteroatoms. The van der Waals surface area contributed by atoms with Crippen molar-refractivity contribution in [3.63, 3.8) is 0 Å². The zero-order valence-electron chi connectivity index (χ0n) is 14.5. The molecule has 1 N–H and O–H groups in total. The molecule has 0 radical (unpaired) electrons. The van der Waals surface area contributed by atoms with Crippen LogP contribution >= 0.6 is 0 Å². The van der Waals surface area contributed by atoms with Gasteiger partial charge in [0.1, 0.15) is 17.2 Å². The molecule has 0 aliphatic rings. The van der Waals surface area contributed by atoms with Crippen LogP contribution in [0.3, 0.4) is 0 Å². The average molecular weight is 354 g/mol. The number of hydrogen-bond donors (Lipinski definition) is 1. The molecule has 0 spiro atoms. The maximum atomic E-state index is 12.9. The molecule has 1 unspecified atom stereocenters. The SMILES string of the molecule is CC(c1cc2ccccc2o1)N(C)C(=O)CNC(=O)c1ccc(F)cc1. The highest BCUT2D eigenvalue weighted by Gasteiger charge is 2.21. The molecule has 5 nitrogen and oxygen atoms in total. The van der Waals surface area contributed by atoms with Crippen LogP contribution in [-0.4, -0.2) is 30.3 Å². The van der Waals surface area contributed by atoms with Crippen molar-refractivity contribution < 1.29 is 18.4 Å². The molecule has 0 aliphatic carbocycles. The van der Waals surface area contributed by atoms with Gasteiger partial charge in [-0.3, -0.25) is 9.59 Å². The fourth-order valence-corrected chi connectivity index (χ4v) is 2.60. The summed E-state index contributed by atoms with van der Waals surface area (Å²) in [4.78, 5) is 25.9. The largest absolute Gasteiger partial charge is 0.459 e. The van der Waals surface area contributed by atoms with Gasteiger partial charge >= 0.3 is 0 Å². The van der Waals surface area contributed by atoms with Gasteiger partial charge in [0.2, 0.25) is 5.91 Å². The van der Waals surface area contributed by atoms with Crippen molar-refractivity contribution in [2.75, 3.05) is 13.6 Å². The fraction of sp³-hybridized carbons (Fsp3) is 0.200. The minimum atomic E-state index is -0.428. The first-order chi connectivity index (χ1) is 12.5. The number of nitrogens with zero attached hydrogens (tertiary/aromatic N) is 1. The smallest absolute Gasteiger partial charge is 0.251 e. The van der Waals surface area contributed by atoms with Gasteiger partial charge < -0.3 is 14.6 Å². The first kappa shape index (κ1) is 17.7. The third-order valence-electron chi connectivity index (χ3n) is 4.34. The maximum Gasteiger partial charge on any atom is 0.251 e. The number of fused-ring (bicyclic) bond motifs is 1. The monoisotopic (exact) mass is 354 g/mol. The van der Waals surface area contributed by atoms with Crippen LogP contribution in [0, 0.1) is 5.82 Å². The minimum absolute atomic E-state index is 0.155. The van der Waals surface area contributed by atoms with Gasteiger partial charge in [-0.1, -0.05) is 18.2 Å². The average Bonchev–Trinajstić information content (AvgIpc) is 3.09. The third kappa shape index (κ3) is 3.74. The molecule has 3 rings (SSSR count). The topological polar surface area (TPSA) is 62.6 Å². The predicted octanol–water partition coefficient (Wildman–Crippen LogP) is 3.52. The molecule has 3 aromatic rings. The minimum Gasteiger partial charge on any atom is -0.459 e. The second kappa shape index (κ2) is 7.39. The lowest BCUT2D eigenvalue weighted by molar-refractivity contribution is -0.131. The second-order valence-electron chi connectivity index (χ2n) is 6.06. The van der Waals surface area contributed by atoms with Gasteiger partial charge in [0, 0.05) is 18.0 Å². The summed E-state index contributed by atoms with van der Waals surface area (Å²) in [7, 11) is 1.66. The lowest BCUT2D eigenvalue weighted by Crippen LogP contribution is -2.39. The van der Waals surface area contributed by atoms with E-state index in [1.54, 1.807) is 7.05 Å². The standard InChI is InChI=1S/C20H19FN2O3/c1-13(18-11-15-5-3-4-6-17(15)26-18)23(2)19(24)12-22-20(25)14-7-9-16(21)10-8-14/h3-11,13H,12H2,1-2H3,(H,22,25). The van der Waals surface area contributed by atoms with Crippen LogP contribution in [0.15, 0.2) is 59.0 Å². The summed E-state index contributed by atoms with van der Waals surface area (Å²) in [5, 5.41) is 3.52. The highest BCUT2D eigenvalue weighted by Crippen LogP contribution is 2.26. The number of benzene rings is 2. The van der Waals surface area contributed by atoms with Crippen molar-refractivity contribution in [2.45, 2.75) is 13.0 Å². The number of para-hydroxylation sites is 1. The Bertz CT molecular complexity index is 901. The van der Waals surface area contributed by atoms with Gasteiger partial charge in [0.15, 0.2) is 0 Å². The molecular formula is C20H19FN2O3. The highest BCUT2D eigenvalue weighted by molar-refractivity contribution is 5.96. The van der Waals surface area contributed by atoms with Crippen molar-refractivity contribution in [1.82, 2.24) is 10.2 Å². The number of carbonyl (C=O) groups excluding carboxylic acids is 2. The van der Waals surface area contributed by atoms with Crippen molar-refractivity contribution >= 4 is 22.8 Å². The maximum absolute atomic E-state index is 12.9. The van der Waals surface area contributed by atoms with Crippen LogP contribution in [0.4, 0.5) is 4.39 Å². The zero-order valence-corrected chi connectivity index (χ0v) is 14.5. The number of carbonyl (C=O) groups is 2. The molecule has 0 saturated carbocycles. The van der Waals surface area contributed by atoms with E-state index in [1.165, 1.54) is 29.2 Å². The van der Waals surface area contributed by atoms with Gasteiger partial charge in [0.05, 0.1) is 12.6 Å². The molecule has 2 amide bonds. The van der Waals surface area contributed by atoms with E-state index < -0.39 is 11.7 Å². The number of halogens is 1. The lowest BCUT2D eigenvalue weighted by atomic mass is 10.2. The van der Waals surface area contributed by atoms with E-state index in [-0.39, 0.29) is 18.5 Å². The van der Waals surface area contributed by atoms with Crippen molar-refractivity contribution in [1.29, 1.82) is 0 Å². The first-order valence-electron chi connectivity index (χ1n) is 8.23. The van der Waals surface area contributed by atoms with E-state index in [9.17, 15) is 14.0 Å². The van der Waals surface area contributed by atoms with Crippen LogP contribution < -0.4 is 5.32 Å². The van der Waals surface area contributed by atoms with Gasteiger partial charge in [-0.25, -0.2) is 4.39 Å². The molecular weight excluding hydrogens is 335 g/mol. The molecule has 26 heavy (non-hydrogen) atoms. The predicted molar refractivity (Wildman–Crippen MR) is 96.1 cm³/mol. The summed E-state index contributed by atoms with van der Waals surface area (Å²) in [5.74, 6) is -0.430. The van der Waals surface area contributed by atoms with E-state index in [0.717, 1.165) is 11.0 Å². The molecule has 1 aromatic heterocycles. The van der Waals surface area contributed by atoms with E-state index in [4.69, 9.17) is 4.42 Å². The summed E-state index contributed by atoms with van der Waals surface area (Å²) in [6.45, 7) is 1.70. The first-order valence-corrected chi connectivity index (χ1v) is 8.23. The molecule has 1 heterocycles. The normalized spacial score (nSPS) is 12.0. The van der Waals surface area contributed by atoms with E-state index in [1.807, 2.05) is 37.3 Å². The third-order valence-corrected chi connectivity index (χ3v) is 4.34. The van der Waals surface area contributed by atoms with Crippen LogP contribution in [0.5, 0.6) is 0 Å². The van der Waals surface area contributed by atoms with Gasteiger partial charge in [0.25, 0.3) is 5.91 Å². The van der Waals surface area contributed by atoms with Crippen LogP contribution in [0.25, 0.3) is 11.0 Å². The van der Waals surface area contributed by atoms with Crippen LogP contribution in [-0.2, 0) is 4.79 Å². The molecule has 2 aromatic carbocycles. The van der Waals surface area contributed by atoms with E-state index >= 15 is 0 Å². The molecule has 1 atom stereocenters. The number of furan rings is 1. The van der Waals surface area contributed by atoms with Gasteiger partial charge in [-0.2, -0.15) is 0 Å². The Morgan fingerprint density at radius 1 is 1.15 bits per heavy atom. The lowest BCUT2D eigenvalue weighted by Gasteiger charge is -2.23. The number of hydrogen-bond acceptors (Lipinski definition) is 3. The quantitative estimate of drug-likeness (QED) is 0.762. The Hall–Kier alpha value is -3.15. The number of nitrogens with one attached hydrogen (secondary N) is 1. The molecule has 0 aliphatic heterocycles. The Kier molecular flexibility index (Phi) is 5.02. The van der Waals surface area contributed by atoms with Gasteiger partial charge in [-0.05, 0) is 43.3 Å². The summed E-state index contributed by atoms with van der Waals surface area (Å²) in [6.07, 6.45) is 0. The number of amides is 2. The Balaban J connectivity index is 1.61. The summed E-state index contributed by atoms with van der Waals surface area (Å²) in [5.41, 5.74) is 1.06. The van der Waals surface area contributed by atoms with Crippen molar-refractivity contribution in [3.8, 4) is 0 Å². The molecule has 0 bridgehead atoms. The summed E-state index contributed by atoms with van der Waals surface area (Å²) >= 11 is 0. The Morgan fingerprint density at radius 3 is 2.54 bits per heavy atom. The highest BCUT2D eigenvalue weighted by atomic mass is 19.1. The van der Waals surface area contributed by atoms with E-state index in [2.05, 4.69) is 5.32 Å². The summed E-state index contributed by atoms with van der Waals surface area (Å²) < 4.78 is 18.7. The summed E-state index contributed by atoms with van der Waals surface area (Å²) in [6, 6.07) is 14.4. The van der Waals surface area contributed by atoms with Crippen molar-refractivity contribution in [2.24, 2.45) is 0 Å². The molecule has 0 fully saturated rings. The van der Waals surface area contributed by atoms with Crippen molar-refractivity contribution in [3.05, 3.63) is 71.7 Å². The van der Waals surface area contributed by atoms with E-state index in [0.29, 0.717) is 11.3 Å². The Morgan fingerprint density at radius 2 is 1.85 bits per heavy atom. The van der Waals surface area contributed by atoms with Crippen LogP contribution in [0.1, 0.15) is 29.1 Å².